The van der Waals surface area contributed by atoms with Crippen LogP contribution in [0.25, 0.3) is 0 Å². The fourth-order valence-corrected chi connectivity index (χ4v) is 3.56. The smallest absolute Gasteiger partial charge is 0.269 e. The maximum Gasteiger partial charge on any atom is 0.269 e. The van der Waals surface area contributed by atoms with Crippen molar-refractivity contribution in [2.75, 3.05) is 13.1 Å². The predicted octanol–water partition coefficient (Wildman–Crippen LogP) is 4.18. The van der Waals surface area contributed by atoms with Gasteiger partial charge in [-0.25, -0.2) is 0 Å². The summed E-state index contributed by atoms with van der Waals surface area (Å²) < 4.78 is 0. The maximum atomic E-state index is 10.7. The lowest BCUT2D eigenvalue weighted by Crippen LogP contribution is -2.39. The molecular formula is C18H26N2O2. The summed E-state index contributed by atoms with van der Waals surface area (Å²) in [4.78, 5) is 13.1. The molecule has 2 aliphatic rings. The van der Waals surface area contributed by atoms with Crippen molar-refractivity contribution in [2.45, 2.75) is 57.4 Å². The molecule has 0 atom stereocenters. The van der Waals surface area contributed by atoms with Crippen LogP contribution in [0.15, 0.2) is 24.3 Å². The molecule has 0 N–H and O–H groups in total. The zero-order valence-corrected chi connectivity index (χ0v) is 13.2. The average molecular weight is 302 g/mol. The summed E-state index contributed by atoms with van der Waals surface area (Å²) in [5, 5.41) is 10.7. The highest BCUT2D eigenvalue weighted by Gasteiger charge is 2.28. The highest BCUT2D eigenvalue weighted by atomic mass is 16.6. The van der Waals surface area contributed by atoms with E-state index in [0.29, 0.717) is 0 Å². The van der Waals surface area contributed by atoms with E-state index in [0.717, 1.165) is 24.9 Å². The third-order valence-corrected chi connectivity index (χ3v) is 5.12. The fraction of sp³-hybridized carbons (Fsp3) is 0.667. The van der Waals surface area contributed by atoms with Gasteiger partial charge in [0, 0.05) is 31.3 Å². The van der Waals surface area contributed by atoms with Gasteiger partial charge in [0.2, 0.25) is 0 Å². The largest absolute Gasteiger partial charge is 0.300 e. The van der Waals surface area contributed by atoms with Gasteiger partial charge >= 0.3 is 0 Å². The monoisotopic (exact) mass is 302 g/mol. The van der Waals surface area contributed by atoms with E-state index < -0.39 is 0 Å². The Bertz CT molecular complexity index is 490. The van der Waals surface area contributed by atoms with Gasteiger partial charge in [0.1, 0.15) is 0 Å². The van der Waals surface area contributed by atoms with Gasteiger partial charge < -0.3 is 0 Å². The van der Waals surface area contributed by atoms with E-state index >= 15 is 0 Å². The quantitative estimate of drug-likeness (QED) is 0.560. The molecular weight excluding hydrogens is 276 g/mol. The Balaban J connectivity index is 1.56. The summed E-state index contributed by atoms with van der Waals surface area (Å²) in [6.45, 7) is 2.36. The molecule has 0 heterocycles. The molecule has 4 heteroatoms. The van der Waals surface area contributed by atoms with E-state index in [1.165, 1.54) is 57.1 Å². The van der Waals surface area contributed by atoms with Crippen LogP contribution in [0, 0.1) is 16.0 Å². The van der Waals surface area contributed by atoms with Gasteiger partial charge in [-0.1, -0.05) is 31.4 Å². The Morgan fingerprint density at radius 3 is 2.32 bits per heavy atom. The number of nitro benzene ring substituents is 1. The normalized spacial score (nSPS) is 19.5. The van der Waals surface area contributed by atoms with Crippen LogP contribution in [0.4, 0.5) is 5.69 Å². The first-order valence-electron chi connectivity index (χ1n) is 8.70. The number of rotatable bonds is 7. The second-order valence-corrected chi connectivity index (χ2v) is 6.90. The molecule has 0 spiro atoms. The Morgan fingerprint density at radius 2 is 1.73 bits per heavy atom. The molecule has 120 valence electrons. The van der Waals surface area contributed by atoms with Crippen molar-refractivity contribution < 1.29 is 4.92 Å². The molecule has 0 aromatic heterocycles. The lowest BCUT2D eigenvalue weighted by atomic mass is 9.93. The number of benzene rings is 1. The van der Waals surface area contributed by atoms with Gasteiger partial charge in [0.05, 0.1) is 4.92 Å². The van der Waals surface area contributed by atoms with E-state index in [2.05, 4.69) is 4.90 Å². The molecule has 0 unspecified atom stereocenters. The van der Waals surface area contributed by atoms with Crippen molar-refractivity contribution in [3.05, 3.63) is 39.9 Å². The molecule has 1 aromatic rings. The van der Waals surface area contributed by atoms with Crippen molar-refractivity contribution >= 4 is 5.69 Å². The van der Waals surface area contributed by atoms with Gasteiger partial charge in [0.25, 0.3) is 5.69 Å². The molecule has 0 aliphatic heterocycles. The Morgan fingerprint density at radius 1 is 1.05 bits per heavy atom. The fourth-order valence-electron chi connectivity index (χ4n) is 3.56. The van der Waals surface area contributed by atoms with Crippen LogP contribution in [-0.4, -0.2) is 29.0 Å². The minimum atomic E-state index is -0.328. The summed E-state index contributed by atoms with van der Waals surface area (Å²) >= 11 is 0. The maximum absolute atomic E-state index is 10.7. The molecule has 2 saturated carbocycles. The van der Waals surface area contributed by atoms with E-state index in [4.69, 9.17) is 0 Å². The molecule has 0 bridgehead atoms. The molecule has 2 fully saturated rings. The zero-order chi connectivity index (χ0) is 15.4. The Kier molecular flexibility index (Phi) is 5.08. The van der Waals surface area contributed by atoms with Crippen LogP contribution in [-0.2, 0) is 6.42 Å². The first kappa shape index (κ1) is 15.5. The van der Waals surface area contributed by atoms with Crippen molar-refractivity contribution in [2.24, 2.45) is 5.92 Å². The first-order chi connectivity index (χ1) is 10.7. The highest BCUT2D eigenvalue weighted by molar-refractivity contribution is 5.32. The van der Waals surface area contributed by atoms with Crippen molar-refractivity contribution in [1.82, 2.24) is 4.90 Å². The van der Waals surface area contributed by atoms with E-state index in [-0.39, 0.29) is 10.6 Å². The number of non-ortho nitro benzene ring substituents is 1. The minimum Gasteiger partial charge on any atom is -0.300 e. The zero-order valence-electron chi connectivity index (χ0n) is 13.2. The predicted molar refractivity (Wildman–Crippen MR) is 88.0 cm³/mol. The highest BCUT2D eigenvalue weighted by Crippen LogP contribution is 2.32. The van der Waals surface area contributed by atoms with Crippen molar-refractivity contribution in [1.29, 1.82) is 0 Å². The first-order valence-corrected chi connectivity index (χ1v) is 8.70. The molecule has 0 radical (unpaired) electrons. The minimum absolute atomic E-state index is 0.186. The van der Waals surface area contributed by atoms with Gasteiger partial charge in [-0.15, -0.1) is 0 Å². The molecule has 0 amide bonds. The lowest BCUT2D eigenvalue weighted by molar-refractivity contribution is -0.384. The molecule has 1 aromatic carbocycles. The number of nitro groups is 1. The molecule has 22 heavy (non-hydrogen) atoms. The SMILES string of the molecule is O=[N+]([O-])c1ccc(CCN(CC2CC2)C2CCCCC2)cc1. The lowest BCUT2D eigenvalue weighted by Gasteiger charge is -2.34. The Hall–Kier alpha value is -1.42. The second-order valence-electron chi connectivity index (χ2n) is 6.90. The van der Waals surface area contributed by atoms with Crippen LogP contribution in [0.5, 0.6) is 0 Å². The van der Waals surface area contributed by atoms with Gasteiger partial charge in [-0.3, -0.25) is 15.0 Å². The summed E-state index contributed by atoms with van der Waals surface area (Å²) in [5.74, 6) is 0.929. The van der Waals surface area contributed by atoms with E-state index in [1.807, 2.05) is 12.1 Å². The molecule has 3 rings (SSSR count). The third kappa shape index (κ3) is 4.29. The standard InChI is InChI=1S/C18H26N2O2/c21-20(22)18-10-8-15(9-11-18)12-13-19(14-16-6-7-16)17-4-2-1-3-5-17/h8-11,16-17H,1-7,12-14H2. The van der Waals surface area contributed by atoms with Gasteiger partial charge in [-0.2, -0.15) is 0 Å². The molecule has 2 aliphatic carbocycles. The number of hydrogen-bond acceptors (Lipinski definition) is 3. The van der Waals surface area contributed by atoms with E-state index in [9.17, 15) is 10.1 Å². The van der Waals surface area contributed by atoms with Crippen LogP contribution in [0.3, 0.4) is 0 Å². The third-order valence-electron chi connectivity index (χ3n) is 5.12. The van der Waals surface area contributed by atoms with Crippen LogP contribution in [0.1, 0.15) is 50.5 Å². The average Bonchev–Trinajstić information content (AvgIpc) is 3.37. The summed E-state index contributed by atoms with van der Waals surface area (Å²) in [7, 11) is 0. The van der Waals surface area contributed by atoms with Crippen LogP contribution >= 0.6 is 0 Å². The number of nitrogens with zero attached hydrogens (tertiary/aromatic N) is 2. The second kappa shape index (κ2) is 7.23. The summed E-state index contributed by atoms with van der Waals surface area (Å²) in [6.07, 6.45) is 10.7. The topological polar surface area (TPSA) is 46.4 Å². The molecule has 0 saturated heterocycles. The number of hydrogen-bond donors (Lipinski definition) is 0. The summed E-state index contributed by atoms with van der Waals surface area (Å²) in [5.41, 5.74) is 1.40. The summed E-state index contributed by atoms with van der Waals surface area (Å²) in [6, 6.07) is 7.85. The van der Waals surface area contributed by atoms with Crippen LogP contribution < -0.4 is 0 Å². The molecule has 4 nitrogen and oxygen atoms in total. The van der Waals surface area contributed by atoms with Gasteiger partial charge in [0.15, 0.2) is 0 Å². The van der Waals surface area contributed by atoms with Crippen molar-refractivity contribution in [3.8, 4) is 0 Å². The van der Waals surface area contributed by atoms with E-state index in [1.54, 1.807) is 12.1 Å². The van der Waals surface area contributed by atoms with Gasteiger partial charge in [-0.05, 0) is 43.6 Å². The Labute approximate surface area is 132 Å². The van der Waals surface area contributed by atoms with Crippen LogP contribution in [0.2, 0.25) is 0 Å². The van der Waals surface area contributed by atoms with Crippen molar-refractivity contribution in [3.63, 3.8) is 0 Å².